The number of carbonyl (C=O) groups is 5. The standard InChI is InChI=1S/C31H34N8O5S2/c1-17(2)26-30-35-23(15-46-30)27(42)32-10-7-11-39(31(44)22-13-20(18(3)40)37-38-22)14-25(41)33-21(12-19-8-5-4-6-9-19)29-34-24(16-45-29)28(43)36-26/h4-6,8-9,13,15-17,21,26H,7,10-12,14H2,1-3H3,(H,32,42)(H,33,41)(H,36,43)(H,37,38)/t21-,26-/m0/s1. The average Bonchev–Trinajstić information content (AvgIpc) is 3.82. The predicted molar refractivity (Wildman–Crippen MR) is 172 cm³/mol. The maximum absolute atomic E-state index is 13.5. The highest BCUT2D eigenvalue weighted by Gasteiger charge is 2.28. The van der Waals surface area contributed by atoms with E-state index >= 15 is 0 Å². The van der Waals surface area contributed by atoms with Crippen molar-refractivity contribution in [2.24, 2.45) is 5.92 Å². The molecule has 1 aliphatic rings. The van der Waals surface area contributed by atoms with Crippen molar-refractivity contribution in [2.75, 3.05) is 19.6 Å². The van der Waals surface area contributed by atoms with Gasteiger partial charge in [0, 0.05) is 30.8 Å². The van der Waals surface area contributed by atoms with E-state index in [0.29, 0.717) is 22.9 Å². The van der Waals surface area contributed by atoms with Gasteiger partial charge in [-0.1, -0.05) is 44.2 Å². The van der Waals surface area contributed by atoms with Crippen LogP contribution in [-0.4, -0.2) is 74.1 Å². The Morgan fingerprint density at radius 2 is 1.67 bits per heavy atom. The Hall–Kier alpha value is -4.76. The first-order valence-corrected chi connectivity index (χ1v) is 16.5. The number of nitrogens with zero attached hydrogens (tertiary/aromatic N) is 4. The Labute approximate surface area is 273 Å². The number of fused-ring (bicyclic) bond motifs is 4. The van der Waals surface area contributed by atoms with E-state index in [4.69, 9.17) is 0 Å². The average molecular weight is 663 g/mol. The summed E-state index contributed by atoms with van der Waals surface area (Å²) in [4.78, 5) is 75.5. The highest BCUT2D eigenvalue weighted by atomic mass is 32.1. The van der Waals surface area contributed by atoms with Crippen molar-refractivity contribution in [1.29, 1.82) is 0 Å². The fraction of sp³-hybridized carbons (Fsp3) is 0.355. The molecule has 4 N–H and O–H groups in total. The largest absolute Gasteiger partial charge is 0.351 e. The number of ketones is 1. The van der Waals surface area contributed by atoms with E-state index in [0.717, 1.165) is 5.56 Å². The first-order valence-electron chi connectivity index (χ1n) is 14.8. The lowest BCUT2D eigenvalue weighted by molar-refractivity contribution is -0.122. The number of nitrogens with one attached hydrogen (secondary N) is 4. The van der Waals surface area contributed by atoms with Gasteiger partial charge in [-0.15, -0.1) is 22.7 Å². The van der Waals surface area contributed by atoms with Gasteiger partial charge in [-0.2, -0.15) is 5.10 Å². The first-order chi connectivity index (χ1) is 22.1. The van der Waals surface area contributed by atoms with Crippen molar-refractivity contribution in [3.05, 3.63) is 85.5 Å². The second-order valence-corrected chi connectivity index (χ2v) is 13.0. The fourth-order valence-corrected chi connectivity index (χ4v) is 6.75. The Morgan fingerprint density at radius 3 is 2.37 bits per heavy atom. The van der Waals surface area contributed by atoms with Crippen LogP contribution in [0.2, 0.25) is 0 Å². The zero-order valence-corrected chi connectivity index (χ0v) is 27.2. The summed E-state index contributed by atoms with van der Waals surface area (Å²) in [5.74, 6) is -2.09. The zero-order chi connectivity index (χ0) is 32.8. The van der Waals surface area contributed by atoms with Crippen LogP contribution in [0.4, 0.5) is 0 Å². The number of H-pyrrole nitrogens is 1. The van der Waals surface area contributed by atoms with Gasteiger partial charge in [0.25, 0.3) is 17.7 Å². The number of hydrogen-bond donors (Lipinski definition) is 4. The molecule has 4 aromatic rings. The lowest BCUT2D eigenvalue weighted by atomic mass is 10.0. The van der Waals surface area contributed by atoms with Crippen molar-refractivity contribution >= 4 is 52.1 Å². The van der Waals surface area contributed by atoms with Crippen molar-refractivity contribution in [3.8, 4) is 0 Å². The summed E-state index contributed by atoms with van der Waals surface area (Å²) in [6, 6.07) is 9.89. The molecule has 0 spiro atoms. The Kier molecular flexibility index (Phi) is 10.3. The van der Waals surface area contributed by atoms with E-state index in [2.05, 4.69) is 36.1 Å². The SMILES string of the molecule is CC(=O)c1cc(C(=O)N2CCCNC(=O)c3csc(n3)[C@H](C(C)C)NC(=O)c3csc(n3)[C@H](Cc3ccccc3)NC(=O)C2)[nH]n1. The number of rotatable bonds is 5. The van der Waals surface area contributed by atoms with Crippen LogP contribution in [-0.2, 0) is 11.2 Å². The molecule has 0 unspecified atom stereocenters. The second-order valence-electron chi connectivity index (χ2n) is 11.2. The molecule has 46 heavy (non-hydrogen) atoms. The molecule has 1 aliphatic heterocycles. The number of Topliss-reactive ketones (excluding diaryl/α,β-unsaturated/α-hetero) is 1. The molecule has 0 fully saturated rings. The van der Waals surface area contributed by atoms with Gasteiger partial charge >= 0.3 is 0 Å². The molecule has 15 heteroatoms. The molecule has 0 radical (unpaired) electrons. The van der Waals surface area contributed by atoms with Gasteiger partial charge in [0.05, 0.1) is 18.6 Å². The Morgan fingerprint density at radius 1 is 0.978 bits per heavy atom. The smallest absolute Gasteiger partial charge is 0.272 e. The summed E-state index contributed by atoms with van der Waals surface area (Å²) in [6.45, 7) is 5.28. The molecule has 240 valence electrons. The normalized spacial score (nSPS) is 18.2. The number of benzene rings is 1. The maximum atomic E-state index is 13.5. The summed E-state index contributed by atoms with van der Waals surface area (Å²) in [5.41, 5.74) is 1.53. The third-order valence-corrected chi connectivity index (χ3v) is 9.21. The van der Waals surface area contributed by atoms with Crippen LogP contribution in [0.3, 0.4) is 0 Å². The molecule has 13 nitrogen and oxygen atoms in total. The second kappa shape index (κ2) is 14.6. The number of carbonyl (C=O) groups excluding carboxylic acids is 5. The van der Waals surface area contributed by atoms with Crippen molar-refractivity contribution in [2.45, 2.75) is 45.7 Å². The van der Waals surface area contributed by atoms with Crippen LogP contribution in [0.5, 0.6) is 0 Å². The molecule has 4 heterocycles. The van der Waals surface area contributed by atoms with Gasteiger partial charge in [-0.25, -0.2) is 9.97 Å². The minimum Gasteiger partial charge on any atom is -0.351 e. The van der Waals surface area contributed by atoms with Crippen molar-refractivity contribution in [1.82, 2.24) is 41.0 Å². The fourth-order valence-electron chi connectivity index (χ4n) is 4.88. The molecule has 4 bridgehead atoms. The number of aromatic amines is 1. The van der Waals surface area contributed by atoms with Gasteiger partial charge in [-0.3, -0.25) is 29.1 Å². The van der Waals surface area contributed by atoms with E-state index < -0.39 is 35.7 Å². The number of thiazole rings is 2. The monoisotopic (exact) mass is 662 g/mol. The molecule has 5 rings (SSSR count). The lowest BCUT2D eigenvalue weighted by Crippen LogP contribution is -2.43. The van der Waals surface area contributed by atoms with E-state index in [9.17, 15) is 24.0 Å². The molecule has 0 saturated carbocycles. The van der Waals surface area contributed by atoms with Crippen molar-refractivity contribution in [3.63, 3.8) is 0 Å². The quantitative estimate of drug-likeness (QED) is 0.235. The summed E-state index contributed by atoms with van der Waals surface area (Å²) in [7, 11) is 0. The number of aromatic nitrogens is 4. The van der Waals surface area contributed by atoms with Gasteiger partial charge in [0.1, 0.15) is 32.8 Å². The van der Waals surface area contributed by atoms with Crippen molar-refractivity contribution < 1.29 is 24.0 Å². The van der Waals surface area contributed by atoms with Crippen LogP contribution < -0.4 is 16.0 Å². The molecule has 0 saturated heterocycles. The van der Waals surface area contributed by atoms with E-state index in [-0.39, 0.29) is 54.1 Å². The lowest BCUT2D eigenvalue weighted by Gasteiger charge is -2.24. The Balaban J connectivity index is 1.47. The number of hydrogen-bond acceptors (Lipinski definition) is 10. The third kappa shape index (κ3) is 7.90. The van der Waals surface area contributed by atoms with Crippen LogP contribution in [0, 0.1) is 5.92 Å². The van der Waals surface area contributed by atoms with Gasteiger partial charge in [0.15, 0.2) is 5.78 Å². The zero-order valence-electron chi connectivity index (χ0n) is 25.5. The third-order valence-electron chi connectivity index (χ3n) is 7.33. The minimum atomic E-state index is -0.585. The first kappa shape index (κ1) is 32.6. The minimum absolute atomic E-state index is 0.0201. The molecular weight excluding hydrogens is 629 g/mol. The summed E-state index contributed by atoms with van der Waals surface area (Å²) in [5, 5.41) is 19.7. The van der Waals surface area contributed by atoms with Gasteiger partial charge in [-0.05, 0) is 30.4 Å². The maximum Gasteiger partial charge on any atom is 0.272 e. The molecular formula is C31H34N8O5S2. The van der Waals surface area contributed by atoms with E-state index in [1.165, 1.54) is 40.6 Å². The van der Waals surface area contributed by atoms with Crippen LogP contribution >= 0.6 is 22.7 Å². The van der Waals surface area contributed by atoms with Gasteiger partial charge < -0.3 is 20.9 Å². The number of amides is 4. The molecule has 3 aromatic heterocycles. The Bertz CT molecular complexity index is 1730. The van der Waals surface area contributed by atoms with E-state index in [1.54, 1.807) is 10.8 Å². The predicted octanol–water partition coefficient (Wildman–Crippen LogP) is 3.33. The highest BCUT2D eigenvalue weighted by molar-refractivity contribution is 7.10. The molecule has 2 atom stereocenters. The van der Waals surface area contributed by atoms with Gasteiger partial charge in [0.2, 0.25) is 5.91 Å². The summed E-state index contributed by atoms with van der Waals surface area (Å²) in [6.07, 6.45) is 0.740. The van der Waals surface area contributed by atoms with Crippen LogP contribution in [0.15, 0.2) is 47.2 Å². The topological polar surface area (TPSA) is 179 Å². The van der Waals surface area contributed by atoms with E-state index in [1.807, 2.05) is 44.2 Å². The molecule has 0 aliphatic carbocycles. The summed E-state index contributed by atoms with van der Waals surface area (Å²) >= 11 is 2.54. The molecule has 1 aromatic carbocycles. The van der Waals surface area contributed by atoms with Crippen LogP contribution in [0.1, 0.15) is 96.8 Å². The highest BCUT2D eigenvalue weighted by Crippen LogP contribution is 2.27. The molecule has 4 amide bonds. The summed E-state index contributed by atoms with van der Waals surface area (Å²) < 4.78 is 0. The van der Waals surface area contributed by atoms with Crippen LogP contribution in [0.25, 0.3) is 0 Å².